The van der Waals surface area contributed by atoms with Crippen LogP contribution in [0.5, 0.6) is 0 Å². The van der Waals surface area contributed by atoms with Crippen LogP contribution in [0.3, 0.4) is 0 Å². The van der Waals surface area contributed by atoms with Crippen molar-refractivity contribution in [3.8, 4) is 0 Å². The van der Waals surface area contributed by atoms with E-state index in [4.69, 9.17) is 4.74 Å². The van der Waals surface area contributed by atoms with Gasteiger partial charge in [-0.05, 0) is 32.2 Å². The summed E-state index contributed by atoms with van der Waals surface area (Å²) in [7, 11) is 0. The second kappa shape index (κ2) is 4.60. The molecule has 82 valence electrons. The van der Waals surface area contributed by atoms with Crippen molar-refractivity contribution in [2.75, 3.05) is 26.4 Å². The lowest BCUT2D eigenvalue weighted by molar-refractivity contribution is -0.0421. The number of aliphatic hydroxyl groups excluding tert-OH is 1. The number of rotatable bonds is 2. The summed E-state index contributed by atoms with van der Waals surface area (Å²) in [5.41, 5.74) is 0.110. The van der Waals surface area contributed by atoms with Crippen LogP contribution in [-0.4, -0.2) is 37.5 Å². The summed E-state index contributed by atoms with van der Waals surface area (Å²) in [6.07, 6.45) is 5.84. The number of nitrogens with one attached hydrogen (secondary N) is 1. The van der Waals surface area contributed by atoms with E-state index in [2.05, 4.69) is 5.32 Å². The SMILES string of the molecule is OCC1(C2CCCCN2)CCOCC1. The molecule has 2 saturated heterocycles. The number of hydrogen-bond acceptors (Lipinski definition) is 3. The first-order chi connectivity index (χ1) is 6.87. The van der Waals surface area contributed by atoms with Gasteiger partial charge in [-0.25, -0.2) is 0 Å². The van der Waals surface area contributed by atoms with Gasteiger partial charge < -0.3 is 15.2 Å². The second-order valence-electron chi connectivity index (χ2n) is 4.64. The first kappa shape index (κ1) is 10.4. The Balaban J connectivity index is 2.01. The minimum atomic E-state index is 0.110. The highest BCUT2D eigenvalue weighted by atomic mass is 16.5. The van der Waals surface area contributed by atoms with E-state index >= 15 is 0 Å². The van der Waals surface area contributed by atoms with E-state index in [1.54, 1.807) is 0 Å². The van der Waals surface area contributed by atoms with Crippen molar-refractivity contribution in [3.05, 3.63) is 0 Å². The van der Waals surface area contributed by atoms with Gasteiger partial charge in [0.15, 0.2) is 0 Å². The van der Waals surface area contributed by atoms with Crippen molar-refractivity contribution in [2.24, 2.45) is 5.41 Å². The fourth-order valence-corrected chi connectivity index (χ4v) is 2.77. The van der Waals surface area contributed by atoms with Gasteiger partial charge in [-0.1, -0.05) is 6.42 Å². The van der Waals surface area contributed by atoms with Crippen LogP contribution in [0.25, 0.3) is 0 Å². The van der Waals surface area contributed by atoms with E-state index in [1.165, 1.54) is 19.3 Å². The molecule has 0 saturated carbocycles. The first-order valence-electron chi connectivity index (χ1n) is 5.79. The van der Waals surface area contributed by atoms with Crippen molar-refractivity contribution in [1.29, 1.82) is 0 Å². The largest absolute Gasteiger partial charge is 0.396 e. The molecule has 1 unspecified atom stereocenters. The Morgan fingerprint density at radius 2 is 2.07 bits per heavy atom. The number of ether oxygens (including phenoxy) is 1. The maximum atomic E-state index is 9.60. The molecular weight excluding hydrogens is 178 g/mol. The topological polar surface area (TPSA) is 41.5 Å². The second-order valence-corrected chi connectivity index (χ2v) is 4.64. The van der Waals surface area contributed by atoms with Crippen LogP contribution in [0.1, 0.15) is 32.1 Å². The minimum Gasteiger partial charge on any atom is -0.396 e. The Kier molecular flexibility index (Phi) is 3.42. The van der Waals surface area contributed by atoms with Gasteiger partial charge in [-0.3, -0.25) is 0 Å². The lowest BCUT2D eigenvalue weighted by atomic mass is 9.72. The highest BCUT2D eigenvalue weighted by Gasteiger charge is 2.39. The standard InChI is InChI=1S/C11H21NO2/c13-9-11(4-7-14-8-5-11)10-3-1-2-6-12-10/h10,12-13H,1-9H2. The summed E-state index contributed by atoms with van der Waals surface area (Å²) in [4.78, 5) is 0. The van der Waals surface area contributed by atoms with Crippen molar-refractivity contribution < 1.29 is 9.84 Å². The fraction of sp³-hybridized carbons (Fsp3) is 1.00. The Morgan fingerprint density at radius 1 is 1.29 bits per heavy atom. The fourth-order valence-electron chi connectivity index (χ4n) is 2.77. The molecule has 2 N–H and O–H groups in total. The molecule has 0 spiro atoms. The van der Waals surface area contributed by atoms with Crippen LogP contribution in [0.15, 0.2) is 0 Å². The molecule has 3 nitrogen and oxygen atoms in total. The number of hydrogen-bond donors (Lipinski definition) is 2. The molecule has 3 heteroatoms. The zero-order valence-electron chi connectivity index (χ0n) is 8.80. The molecular formula is C11H21NO2. The third-order valence-electron chi connectivity index (χ3n) is 3.85. The van der Waals surface area contributed by atoms with Crippen molar-refractivity contribution in [2.45, 2.75) is 38.1 Å². The van der Waals surface area contributed by atoms with Crippen LogP contribution in [-0.2, 0) is 4.74 Å². The molecule has 2 aliphatic heterocycles. The molecule has 2 aliphatic rings. The quantitative estimate of drug-likeness (QED) is 0.695. The van der Waals surface area contributed by atoms with E-state index in [1.807, 2.05) is 0 Å². The lowest BCUT2D eigenvalue weighted by Crippen LogP contribution is -2.52. The summed E-state index contributed by atoms with van der Waals surface area (Å²) in [6.45, 7) is 3.07. The van der Waals surface area contributed by atoms with Gasteiger partial charge in [0, 0.05) is 24.7 Å². The molecule has 0 radical (unpaired) electrons. The molecule has 0 aromatic rings. The predicted molar refractivity (Wildman–Crippen MR) is 55.2 cm³/mol. The molecule has 0 aromatic carbocycles. The molecule has 2 heterocycles. The van der Waals surface area contributed by atoms with E-state index in [-0.39, 0.29) is 5.41 Å². The van der Waals surface area contributed by atoms with Gasteiger partial charge in [0.1, 0.15) is 0 Å². The molecule has 0 aromatic heterocycles. The van der Waals surface area contributed by atoms with Crippen LogP contribution in [0.2, 0.25) is 0 Å². The van der Waals surface area contributed by atoms with Crippen LogP contribution < -0.4 is 5.32 Å². The normalized spacial score (nSPS) is 32.8. The third-order valence-corrected chi connectivity index (χ3v) is 3.85. The van der Waals surface area contributed by atoms with E-state index < -0.39 is 0 Å². The van der Waals surface area contributed by atoms with Gasteiger partial charge in [0.25, 0.3) is 0 Å². The van der Waals surface area contributed by atoms with Gasteiger partial charge in [0.05, 0.1) is 6.61 Å². The van der Waals surface area contributed by atoms with Crippen molar-refractivity contribution in [1.82, 2.24) is 5.32 Å². The smallest absolute Gasteiger partial charge is 0.0504 e. The highest BCUT2D eigenvalue weighted by Crippen LogP contribution is 2.36. The predicted octanol–water partition coefficient (Wildman–Crippen LogP) is 0.918. The molecule has 0 aliphatic carbocycles. The Bertz CT molecular complexity index is 172. The van der Waals surface area contributed by atoms with E-state index in [0.717, 1.165) is 32.6 Å². The Morgan fingerprint density at radius 3 is 2.64 bits per heavy atom. The van der Waals surface area contributed by atoms with Gasteiger partial charge in [-0.15, -0.1) is 0 Å². The van der Waals surface area contributed by atoms with Crippen LogP contribution in [0.4, 0.5) is 0 Å². The number of piperidine rings is 1. The Hall–Kier alpha value is -0.120. The van der Waals surface area contributed by atoms with Crippen molar-refractivity contribution in [3.63, 3.8) is 0 Å². The summed E-state index contributed by atoms with van der Waals surface area (Å²) in [5.74, 6) is 0. The zero-order valence-corrected chi connectivity index (χ0v) is 8.80. The molecule has 0 bridgehead atoms. The summed E-state index contributed by atoms with van der Waals surface area (Å²) in [6, 6.07) is 0.519. The third kappa shape index (κ3) is 1.95. The molecule has 1 atom stereocenters. The molecule has 14 heavy (non-hydrogen) atoms. The van der Waals surface area contributed by atoms with Crippen LogP contribution in [0, 0.1) is 5.41 Å². The monoisotopic (exact) mass is 199 g/mol. The molecule has 2 rings (SSSR count). The van der Waals surface area contributed by atoms with E-state index in [0.29, 0.717) is 12.6 Å². The summed E-state index contributed by atoms with van der Waals surface area (Å²) < 4.78 is 5.38. The maximum absolute atomic E-state index is 9.60. The summed E-state index contributed by atoms with van der Waals surface area (Å²) >= 11 is 0. The summed E-state index contributed by atoms with van der Waals surface area (Å²) in [5, 5.41) is 13.2. The highest BCUT2D eigenvalue weighted by molar-refractivity contribution is 4.93. The van der Waals surface area contributed by atoms with Crippen LogP contribution >= 0.6 is 0 Å². The van der Waals surface area contributed by atoms with Crippen molar-refractivity contribution >= 4 is 0 Å². The lowest BCUT2D eigenvalue weighted by Gasteiger charge is -2.44. The average Bonchev–Trinajstić information content (AvgIpc) is 2.31. The minimum absolute atomic E-state index is 0.110. The average molecular weight is 199 g/mol. The maximum Gasteiger partial charge on any atom is 0.0504 e. The zero-order chi connectivity index (χ0) is 9.86. The first-order valence-corrected chi connectivity index (χ1v) is 5.79. The number of aliphatic hydroxyl groups is 1. The van der Waals surface area contributed by atoms with Gasteiger partial charge in [0.2, 0.25) is 0 Å². The Labute approximate surface area is 85.8 Å². The van der Waals surface area contributed by atoms with E-state index in [9.17, 15) is 5.11 Å². The molecule has 0 amide bonds. The van der Waals surface area contributed by atoms with Gasteiger partial charge in [-0.2, -0.15) is 0 Å². The molecule has 2 fully saturated rings. The van der Waals surface area contributed by atoms with Gasteiger partial charge >= 0.3 is 0 Å².